The molecule has 0 aliphatic carbocycles. The molecule has 1 saturated heterocycles. The number of carbonyl (C=O) groups excluding carboxylic acids is 2. The lowest BCUT2D eigenvalue weighted by Crippen LogP contribution is -2.56. The molecule has 3 rings (SSSR count). The summed E-state index contributed by atoms with van der Waals surface area (Å²) >= 11 is 5.94. The van der Waals surface area contributed by atoms with Gasteiger partial charge in [-0.1, -0.05) is 30.7 Å². The van der Waals surface area contributed by atoms with E-state index in [-0.39, 0.29) is 47.0 Å². The van der Waals surface area contributed by atoms with Crippen LogP contribution in [0, 0.1) is 5.92 Å². The average Bonchev–Trinajstić information content (AvgIpc) is 2.85. The molecule has 1 aromatic carbocycles. The van der Waals surface area contributed by atoms with E-state index >= 15 is 0 Å². The van der Waals surface area contributed by atoms with Crippen LogP contribution in [0.4, 0.5) is 5.82 Å². The molecular weight excluding hydrogens is 508 g/mol. The van der Waals surface area contributed by atoms with Crippen molar-refractivity contribution in [3.05, 3.63) is 56.8 Å². The number of pyridine rings is 1. The summed E-state index contributed by atoms with van der Waals surface area (Å²) in [6.07, 6.45) is 1.84. The van der Waals surface area contributed by atoms with Gasteiger partial charge in [0.2, 0.25) is 0 Å². The van der Waals surface area contributed by atoms with Gasteiger partial charge >= 0.3 is 5.97 Å². The number of esters is 1. The number of nitrogens with two attached hydrogens (primary N) is 1. The van der Waals surface area contributed by atoms with Crippen molar-refractivity contribution in [3.63, 3.8) is 0 Å². The Morgan fingerprint density at radius 3 is 2.67 bits per heavy atom. The summed E-state index contributed by atoms with van der Waals surface area (Å²) in [5, 5.41) is 2.94. The molecule has 2 heterocycles. The molecule has 2 aromatic rings. The van der Waals surface area contributed by atoms with Gasteiger partial charge in [-0.15, -0.1) is 0 Å². The highest BCUT2D eigenvalue weighted by atomic mass is 35.5. The standard InChI is InChI=1S/C24H31ClN4O6S/c1-14(24(32)35-13-15-4-6-16(7-5-15)36(3)33)11-29-9-8-19(20(12-29)34-2)27-22(30)17-10-18(25)21(26)28-23(17)31/h4-7,10,14,19-20H,8-9,11-13H2,1-3H3,(H,27,30)(H3,26,28,31). The fraction of sp³-hybridized carbons (Fsp3) is 0.458. The Morgan fingerprint density at radius 2 is 2.03 bits per heavy atom. The van der Waals surface area contributed by atoms with Gasteiger partial charge in [0.25, 0.3) is 11.5 Å². The van der Waals surface area contributed by atoms with Crippen molar-refractivity contribution in [2.24, 2.45) is 5.92 Å². The highest BCUT2D eigenvalue weighted by molar-refractivity contribution is 7.84. The first kappa shape index (κ1) is 27.9. The summed E-state index contributed by atoms with van der Waals surface area (Å²) in [6.45, 7) is 3.53. The van der Waals surface area contributed by atoms with Crippen molar-refractivity contribution in [1.29, 1.82) is 0 Å². The van der Waals surface area contributed by atoms with E-state index in [1.165, 1.54) is 6.07 Å². The zero-order valence-corrected chi connectivity index (χ0v) is 22.0. The van der Waals surface area contributed by atoms with E-state index in [2.05, 4.69) is 15.2 Å². The summed E-state index contributed by atoms with van der Waals surface area (Å²) in [5.74, 6) is -1.25. The third kappa shape index (κ3) is 7.16. The zero-order chi connectivity index (χ0) is 26.4. The molecule has 0 radical (unpaired) electrons. The number of hydrogen-bond donors (Lipinski definition) is 3. The van der Waals surface area contributed by atoms with Gasteiger partial charge in [0, 0.05) is 48.7 Å². The molecule has 0 spiro atoms. The van der Waals surface area contributed by atoms with E-state index in [9.17, 15) is 18.6 Å². The third-order valence-electron chi connectivity index (χ3n) is 6.10. The van der Waals surface area contributed by atoms with E-state index in [0.29, 0.717) is 26.1 Å². The van der Waals surface area contributed by atoms with Gasteiger partial charge in [0.05, 0.1) is 23.1 Å². The number of anilines is 1. The number of piperidine rings is 1. The predicted octanol–water partition coefficient (Wildman–Crippen LogP) is 1.55. The van der Waals surface area contributed by atoms with Crippen molar-refractivity contribution in [1.82, 2.24) is 15.2 Å². The van der Waals surface area contributed by atoms with Crippen LogP contribution in [0.1, 0.15) is 29.3 Å². The number of aromatic nitrogens is 1. The molecule has 1 fully saturated rings. The summed E-state index contributed by atoms with van der Waals surface area (Å²) in [5.41, 5.74) is 5.65. The van der Waals surface area contributed by atoms with Crippen molar-refractivity contribution >= 4 is 40.1 Å². The lowest BCUT2D eigenvalue weighted by atomic mass is 9.99. The first-order valence-corrected chi connectivity index (χ1v) is 13.4. The number of benzene rings is 1. The number of ether oxygens (including phenoxy) is 2. The van der Waals surface area contributed by atoms with Gasteiger partial charge in [0.1, 0.15) is 18.0 Å². The Bertz CT molecular complexity index is 1170. The number of nitrogen functional groups attached to an aromatic ring is 1. The lowest BCUT2D eigenvalue weighted by molar-refractivity contribution is -0.150. The second-order valence-electron chi connectivity index (χ2n) is 8.78. The number of rotatable bonds is 9. The first-order valence-electron chi connectivity index (χ1n) is 11.4. The fourth-order valence-electron chi connectivity index (χ4n) is 4.02. The van der Waals surface area contributed by atoms with Crippen LogP contribution in [0.25, 0.3) is 0 Å². The normalized spacial score (nSPS) is 19.9. The Kier molecular flexibility index (Phi) is 9.66. The molecule has 1 aromatic heterocycles. The molecule has 1 aliphatic rings. The number of amides is 1. The lowest BCUT2D eigenvalue weighted by Gasteiger charge is -2.38. The van der Waals surface area contributed by atoms with Crippen LogP contribution in [-0.2, 0) is 31.7 Å². The quantitative estimate of drug-likeness (QED) is 0.408. The summed E-state index contributed by atoms with van der Waals surface area (Å²) in [7, 11) is 0.496. The second kappa shape index (κ2) is 12.5. The van der Waals surface area contributed by atoms with Gasteiger partial charge in [0.15, 0.2) is 0 Å². The Balaban J connectivity index is 1.50. The van der Waals surface area contributed by atoms with Crippen LogP contribution in [0.15, 0.2) is 40.0 Å². The number of methoxy groups -OCH3 is 1. The molecular formula is C24H31ClN4O6S. The SMILES string of the molecule is COC1CN(CC(C)C(=O)OCc2ccc(S(C)=O)cc2)CCC1NC(=O)c1cc(Cl)c(N)[nH]c1=O. The molecule has 4 unspecified atom stereocenters. The Labute approximate surface area is 216 Å². The fourth-order valence-corrected chi connectivity index (χ4v) is 4.70. The Morgan fingerprint density at radius 1 is 1.33 bits per heavy atom. The number of hydrogen-bond acceptors (Lipinski definition) is 8. The topological polar surface area (TPSA) is 144 Å². The van der Waals surface area contributed by atoms with Gasteiger partial charge in [-0.3, -0.25) is 23.5 Å². The Hall–Kier alpha value is -2.73. The first-order chi connectivity index (χ1) is 17.1. The molecule has 36 heavy (non-hydrogen) atoms. The van der Waals surface area contributed by atoms with Crippen LogP contribution in [0.3, 0.4) is 0 Å². The molecule has 4 atom stereocenters. The van der Waals surface area contributed by atoms with E-state index in [4.69, 9.17) is 26.8 Å². The monoisotopic (exact) mass is 538 g/mol. The molecule has 4 N–H and O–H groups in total. The van der Waals surface area contributed by atoms with Gasteiger partial charge in [-0.25, -0.2) is 0 Å². The summed E-state index contributed by atoms with van der Waals surface area (Å²) < 4.78 is 22.5. The smallest absolute Gasteiger partial charge is 0.310 e. The second-order valence-corrected chi connectivity index (χ2v) is 10.6. The molecule has 12 heteroatoms. The molecule has 10 nitrogen and oxygen atoms in total. The highest BCUT2D eigenvalue weighted by Gasteiger charge is 2.32. The van der Waals surface area contributed by atoms with Crippen LogP contribution in [0.5, 0.6) is 0 Å². The van der Waals surface area contributed by atoms with Crippen molar-refractivity contribution < 1.29 is 23.3 Å². The maximum atomic E-state index is 12.7. The van der Waals surface area contributed by atoms with Crippen molar-refractivity contribution in [3.8, 4) is 0 Å². The van der Waals surface area contributed by atoms with Crippen LogP contribution in [0.2, 0.25) is 5.02 Å². The van der Waals surface area contributed by atoms with Crippen LogP contribution >= 0.6 is 11.6 Å². The number of nitrogens with one attached hydrogen (secondary N) is 2. The van der Waals surface area contributed by atoms with E-state index < -0.39 is 22.3 Å². The predicted molar refractivity (Wildman–Crippen MR) is 137 cm³/mol. The minimum absolute atomic E-state index is 0.000951. The summed E-state index contributed by atoms with van der Waals surface area (Å²) in [4.78, 5) is 42.5. The number of nitrogens with zero attached hydrogens (tertiary/aromatic N) is 1. The number of halogens is 1. The largest absolute Gasteiger partial charge is 0.461 e. The van der Waals surface area contributed by atoms with Crippen LogP contribution in [-0.4, -0.2) is 71.1 Å². The highest BCUT2D eigenvalue weighted by Crippen LogP contribution is 2.18. The van der Waals surface area contributed by atoms with E-state index in [0.717, 1.165) is 10.5 Å². The van der Waals surface area contributed by atoms with Crippen molar-refractivity contribution in [2.45, 2.75) is 37.0 Å². The maximum absolute atomic E-state index is 12.7. The maximum Gasteiger partial charge on any atom is 0.310 e. The number of aromatic amines is 1. The summed E-state index contributed by atoms with van der Waals surface area (Å²) in [6, 6.07) is 8.03. The third-order valence-corrected chi connectivity index (χ3v) is 7.35. The van der Waals surface area contributed by atoms with Crippen LogP contribution < -0.4 is 16.6 Å². The molecule has 0 saturated carbocycles. The molecule has 196 valence electrons. The number of H-pyrrole nitrogens is 1. The van der Waals surface area contributed by atoms with E-state index in [1.807, 2.05) is 0 Å². The van der Waals surface area contributed by atoms with Gasteiger partial charge in [-0.05, 0) is 30.2 Å². The average molecular weight is 539 g/mol. The number of carbonyl (C=O) groups is 2. The molecule has 1 amide bonds. The van der Waals surface area contributed by atoms with Gasteiger partial charge in [-0.2, -0.15) is 0 Å². The van der Waals surface area contributed by atoms with Gasteiger partial charge < -0.3 is 25.5 Å². The number of likely N-dealkylation sites (tertiary alicyclic amines) is 1. The minimum atomic E-state index is -1.06. The van der Waals surface area contributed by atoms with Crippen molar-refractivity contribution in [2.75, 3.05) is 38.7 Å². The molecule has 1 aliphatic heterocycles. The van der Waals surface area contributed by atoms with E-state index in [1.54, 1.807) is 44.6 Å². The minimum Gasteiger partial charge on any atom is -0.461 e. The zero-order valence-electron chi connectivity index (χ0n) is 20.4. The molecule has 0 bridgehead atoms.